The Kier molecular flexibility index (Phi) is 5.55. The minimum Gasteiger partial charge on any atom is -0.481 e. The first-order chi connectivity index (χ1) is 8.88. The van der Waals surface area contributed by atoms with E-state index in [-0.39, 0.29) is 18.2 Å². The van der Waals surface area contributed by atoms with E-state index in [2.05, 4.69) is 5.32 Å². The summed E-state index contributed by atoms with van der Waals surface area (Å²) in [5.41, 5.74) is 1.88. The Balaban J connectivity index is 2.83. The third-order valence-corrected chi connectivity index (χ3v) is 2.75. The van der Waals surface area contributed by atoms with Crippen molar-refractivity contribution < 1.29 is 14.7 Å². The minimum absolute atomic E-state index is 0.104. The van der Waals surface area contributed by atoms with Crippen LogP contribution in [-0.2, 0) is 9.59 Å². The molecule has 0 saturated heterocycles. The predicted octanol–water partition coefficient (Wildman–Crippen LogP) is 2.67. The van der Waals surface area contributed by atoms with E-state index in [0.29, 0.717) is 6.42 Å². The lowest BCUT2D eigenvalue weighted by Crippen LogP contribution is -2.30. The van der Waals surface area contributed by atoms with Gasteiger partial charge >= 0.3 is 5.97 Å². The molecule has 4 nitrogen and oxygen atoms in total. The molecule has 1 aromatic carbocycles. The van der Waals surface area contributed by atoms with Crippen molar-refractivity contribution in [1.82, 2.24) is 5.32 Å². The summed E-state index contributed by atoms with van der Waals surface area (Å²) in [7, 11) is 0. The molecule has 1 atom stereocenters. The molecule has 1 amide bonds. The monoisotopic (exact) mass is 263 g/mol. The van der Waals surface area contributed by atoms with Crippen LogP contribution in [0, 0.1) is 12.8 Å². The number of hydrogen-bond donors (Lipinski definition) is 2. The Bertz CT molecular complexity index is 454. The Morgan fingerprint density at radius 2 is 1.95 bits per heavy atom. The van der Waals surface area contributed by atoms with Crippen LogP contribution in [0.4, 0.5) is 0 Å². The van der Waals surface area contributed by atoms with Crippen LogP contribution >= 0.6 is 0 Å². The lowest BCUT2D eigenvalue weighted by Gasteiger charge is -2.18. The van der Waals surface area contributed by atoms with Crippen LogP contribution < -0.4 is 5.32 Å². The van der Waals surface area contributed by atoms with E-state index in [4.69, 9.17) is 5.11 Å². The third kappa shape index (κ3) is 5.55. The van der Waals surface area contributed by atoms with Gasteiger partial charge in [-0.05, 0) is 18.4 Å². The summed E-state index contributed by atoms with van der Waals surface area (Å²) in [6.07, 6.45) is 0.301. The van der Waals surface area contributed by atoms with Gasteiger partial charge in [-0.25, -0.2) is 0 Å². The molecule has 0 fully saturated rings. The summed E-state index contributed by atoms with van der Waals surface area (Å²) in [6.45, 7) is 5.86. The summed E-state index contributed by atoms with van der Waals surface area (Å²) < 4.78 is 0. The van der Waals surface area contributed by atoms with E-state index in [9.17, 15) is 9.59 Å². The van der Waals surface area contributed by atoms with Crippen molar-refractivity contribution in [3.8, 4) is 0 Å². The lowest BCUT2D eigenvalue weighted by atomic mass is 10.0. The summed E-state index contributed by atoms with van der Waals surface area (Å²) in [4.78, 5) is 22.7. The standard InChI is InChI=1S/C15H21NO3/c1-10(2)7-14(17)16-13(9-15(18)19)12-6-4-5-11(3)8-12/h4-6,8,10,13H,7,9H2,1-3H3,(H,16,17)(H,18,19). The molecule has 19 heavy (non-hydrogen) atoms. The number of carboxylic acid groups (broad SMARTS) is 1. The highest BCUT2D eigenvalue weighted by molar-refractivity contribution is 5.77. The summed E-state index contributed by atoms with van der Waals surface area (Å²) in [5, 5.41) is 11.8. The first kappa shape index (κ1) is 15.2. The quantitative estimate of drug-likeness (QED) is 0.829. The molecule has 1 rings (SSSR count). The topological polar surface area (TPSA) is 66.4 Å². The van der Waals surface area contributed by atoms with Gasteiger partial charge in [0.2, 0.25) is 5.91 Å². The van der Waals surface area contributed by atoms with Crippen molar-refractivity contribution in [2.24, 2.45) is 5.92 Å². The zero-order chi connectivity index (χ0) is 14.4. The second-order valence-electron chi connectivity index (χ2n) is 5.23. The fourth-order valence-electron chi connectivity index (χ4n) is 1.94. The Morgan fingerprint density at radius 1 is 1.26 bits per heavy atom. The number of carboxylic acids is 1. The second kappa shape index (κ2) is 6.92. The summed E-state index contributed by atoms with van der Waals surface area (Å²) in [6, 6.07) is 7.09. The maximum Gasteiger partial charge on any atom is 0.305 e. The third-order valence-electron chi connectivity index (χ3n) is 2.75. The molecule has 1 aromatic rings. The van der Waals surface area contributed by atoms with Crippen molar-refractivity contribution in [1.29, 1.82) is 0 Å². The van der Waals surface area contributed by atoms with Gasteiger partial charge in [-0.2, -0.15) is 0 Å². The molecule has 0 heterocycles. The Labute approximate surface area is 113 Å². The fraction of sp³-hybridized carbons (Fsp3) is 0.467. The summed E-state index contributed by atoms with van der Waals surface area (Å²) in [5.74, 6) is -0.776. The van der Waals surface area contributed by atoms with Gasteiger partial charge in [0, 0.05) is 6.42 Å². The first-order valence-electron chi connectivity index (χ1n) is 6.46. The van der Waals surface area contributed by atoms with Gasteiger partial charge in [-0.15, -0.1) is 0 Å². The highest BCUT2D eigenvalue weighted by atomic mass is 16.4. The van der Waals surface area contributed by atoms with Crippen LogP contribution in [-0.4, -0.2) is 17.0 Å². The minimum atomic E-state index is -0.920. The number of aliphatic carboxylic acids is 1. The van der Waals surface area contributed by atoms with E-state index in [1.807, 2.05) is 45.0 Å². The van der Waals surface area contributed by atoms with Gasteiger partial charge in [0.15, 0.2) is 0 Å². The average molecular weight is 263 g/mol. The van der Waals surface area contributed by atoms with Gasteiger partial charge in [-0.1, -0.05) is 43.7 Å². The van der Waals surface area contributed by atoms with Gasteiger partial charge in [0.05, 0.1) is 12.5 Å². The molecular formula is C15H21NO3. The van der Waals surface area contributed by atoms with E-state index in [1.54, 1.807) is 0 Å². The number of carbonyl (C=O) groups is 2. The van der Waals surface area contributed by atoms with Crippen molar-refractivity contribution in [3.63, 3.8) is 0 Å². The molecule has 0 bridgehead atoms. The van der Waals surface area contributed by atoms with Crippen molar-refractivity contribution >= 4 is 11.9 Å². The molecule has 2 N–H and O–H groups in total. The van der Waals surface area contributed by atoms with Crippen molar-refractivity contribution in [2.75, 3.05) is 0 Å². The average Bonchev–Trinajstić information content (AvgIpc) is 2.26. The molecule has 0 aliphatic rings. The molecule has 104 valence electrons. The molecular weight excluding hydrogens is 242 g/mol. The number of hydrogen-bond acceptors (Lipinski definition) is 2. The molecule has 0 radical (unpaired) electrons. The van der Waals surface area contributed by atoms with Gasteiger partial charge in [0.1, 0.15) is 0 Å². The molecule has 1 unspecified atom stereocenters. The van der Waals surface area contributed by atoms with Crippen molar-refractivity contribution in [2.45, 2.75) is 39.7 Å². The second-order valence-corrected chi connectivity index (χ2v) is 5.23. The maximum atomic E-state index is 11.8. The highest BCUT2D eigenvalue weighted by Gasteiger charge is 2.18. The number of rotatable bonds is 6. The van der Waals surface area contributed by atoms with Crippen LogP contribution in [0.3, 0.4) is 0 Å². The maximum absolute atomic E-state index is 11.8. The van der Waals surface area contributed by atoms with E-state index in [1.165, 1.54) is 0 Å². The highest BCUT2D eigenvalue weighted by Crippen LogP contribution is 2.18. The fourth-order valence-corrected chi connectivity index (χ4v) is 1.94. The van der Waals surface area contributed by atoms with Crippen LogP contribution in [0.15, 0.2) is 24.3 Å². The smallest absolute Gasteiger partial charge is 0.305 e. The number of aryl methyl sites for hydroxylation is 1. The number of amides is 1. The van der Waals surface area contributed by atoms with Gasteiger partial charge in [-0.3, -0.25) is 9.59 Å². The van der Waals surface area contributed by atoms with E-state index >= 15 is 0 Å². The molecule has 4 heteroatoms. The van der Waals surface area contributed by atoms with Crippen LogP contribution in [0.5, 0.6) is 0 Å². The van der Waals surface area contributed by atoms with Crippen molar-refractivity contribution in [3.05, 3.63) is 35.4 Å². The van der Waals surface area contributed by atoms with Gasteiger partial charge < -0.3 is 10.4 Å². The molecule has 0 saturated carbocycles. The molecule has 0 aliphatic carbocycles. The lowest BCUT2D eigenvalue weighted by molar-refractivity contribution is -0.137. The number of benzene rings is 1. The normalized spacial score (nSPS) is 12.2. The summed E-state index contributed by atoms with van der Waals surface area (Å²) >= 11 is 0. The predicted molar refractivity (Wildman–Crippen MR) is 73.8 cm³/mol. The van der Waals surface area contributed by atoms with Crippen LogP contribution in [0.1, 0.15) is 43.9 Å². The number of carbonyl (C=O) groups excluding carboxylic acids is 1. The van der Waals surface area contributed by atoms with Gasteiger partial charge in [0.25, 0.3) is 0 Å². The zero-order valence-electron chi connectivity index (χ0n) is 11.6. The van der Waals surface area contributed by atoms with E-state index in [0.717, 1.165) is 11.1 Å². The largest absolute Gasteiger partial charge is 0.481 e. The number of nitrogens with one attached hydrogen (secondary N) is 1. The van der Waals surface area contributed by atoms with E-state index < -0.39 is 12.0 Å². The Hall–Kier alpha value is -1.84. The first-order valence-corrected chi connectivity index (χ1v) is 6.46. The zero-order valence-corrected chi connectivity index (χ0v) is 11.6. The molecule has 0 aromatic heterocycles. The molecule has 0 aliphatic heterocycles. The molecule has 0 spiro atoms. The SMILES string of the molecule is Cc1cccc(C(CC(=O)O)NC(=O)CC(C)C)c1. The van der Waals surface area contributed by atoms with Crippen LogP contribution in [0.2, 0.25) is 0 Å². The van der Waals surface area contributed by atoms with Crippen LogP contribution in [0.25, 0.3) is 0 Å². The Morgan fingerprint density at radius 3 is 2.47 bits per heavy atom.